The molecule has 23 heavy (non-hydrogen) atoms. The van der Waals surface area contributed by atoms with E-state index in [0.717, 1.165) is 25.8 Å². The lowest BCUT2D eigenvalue weighted by atomic mass is 9.65. The number of fused-ring (bicyclic) bond motifs is 2. The van der Waals surface area contributed by atoms with Gasteiger partial charge in [-0.3, -0.25) is 9.78 Å². The van der Waals surface area contributed by atoms with Crippen molar-refractivity contribution in [1.82, 2.24) is 14.9 Å². The van der Waals surface area contributed by atoms with E-state index in [1.165, 1.54) is 18.6 Å². The highest BCUT2D eigenvalue weighted by atomic mass is 16.5. The molecule has 2 fully saturated rings. The molecule has 124 valence electrons. The molecule has 0 unspecified atom stereocenters. The molecule has 0 spiro atoms. The van der Waals surface area contributed by atoms with E-state index in [0.29, 0.717) is 0 Å². The summed E-state index contributed by atoms with van der Waals surface area (Å²) in [6.45, 7) is 7.30. The van der Waals surface area contributed by atoms with Crippen LogP contribution in [0.3, 0.4) is 0 Å². The first-order valence-corrected chi connectivity index (χ1v) is 8.01. The zero-order valence-corrected chi connectivity index (χ0v) is 13.9. The number of carbonyl (C=O) groups is 2. The van der Waals surface area contributed by atoms with Crippen LogP contribution in [0.2, 0.25) is 0 Å². The first kappa shape index (κ1) is 15.9. The fourth-order valence-electron chi connectivity index (χ4n) is 4.44. The van der Waals surface area contributed by atoms with Crippen molar-refractivity contribution in [2.75, 3.05) is 13.2 Å². The highest BCUT2D eigenvalue weighted by Crippen LogP contribution is 2.52. The van der Waals surface area contributed by atoms with Crippen LogP contribution in [0.25, 0.3) is 0 Å². The minimum Gasteiger partial charge on any atom is -0.451 e. The van der Waals surface area contributed by atoms with Crippen LogP contribution in [0, 0.1) is 10.8 Å². The summed E-state index contributed by atoms with van der Waals surface area (Å²) >= 11 is 0. The number of likely N-dealkylation sites (tertiary alicyclic amines) is 1. The Morgan fingerprint density at radius 1 is 1.30 bits per heavy atom. The van der Waals surface area contributed by atoms with Crippen LogP contribution in [-0.4, -0.2) is 45.9 Å². The maximum absolute atomic E-state index is 12.5. The van der Waals surface area contributed by atoms with Gasteiger partial charge in [-0.25, -0.2) is 9.78 Å². The van der Waals surface area contributed by atoms with Crippen molar-refractivity contribution in [2.24, 2.45) is 10.8 Å². The minimum absolute atomic E-state index is 0.117. The van der Waals surface area contributed by atoms with Crippen LogP contribution in [0.15, 0.2) is 18.6 Å². The molecule has 1 aliphatic carbocycles. The molecule has 2 aliphatic rings. The maximum Gasteiger partial charge on any atom is 0.359 e. The molecule has 0 radical (unpaired) electrons. The van der Waals surface area contributed by atoms with E-state index in [1.54, 1.807) is 0 Å². The summed E-state index contributed by atoms with van der Waals surface area (Å²) in [5.41, 5.74) is 0.550. The summed E-state index contributed by atoms with van der Waals surface area (Å²) < 4.78 is 5.10. The molecule has 0 N–H and O–H groups in total. The molecule has 1 aliphatic heterocycles. The number of carbonyl (C=O) groups excluding carboxylic acids is 2. The van der Waals surface area contributed by atoms with Gasteiger partial charge in [-0.15, -0.1) is 0 Å². The molecule has 1 saturated heterocycles. The Kier molecular flexibility index (Phi) is 3.86. The average Bonchev–Trinajstić information content (AvgIpc) is 2.74. The van der Waals surface area contributed by atoms with Crippen LogP contribution in [0.1, 0.15) is 50.5 Å². The Hall–Kier alpha value is -1.98. The maximum atomic E-state index is 12.5. The molecule has 2 atom stereocenters. The second-order valence-electron chi connectivity index (χ2n) is 7.90. The molecule has 3 rings (SSSR count). The zero-order chi connectivity index (χ0) is 16.7. The van der Waals surface area contributed by atoms with Crippen molar-refractivity contribution in [3.63, 3.8) is 0 Å². The quantitative estimate of drug-likeness (QED) is 0.798. The van der Waals surface area contributed by atoms with Crippen LogP contribution in [0.4, 0.5) is 0 Å². The van der Waals surface area contributed by atoms with Gasteiger partial charge in [0.15, 0.2) is 12.3 Å². The number of aromatic nitrogens is 2. The Morgan fingerprint density at radius 2 is 2.09 bits per heavy atom. The molecular weight excluding hydrogens is 294 g/mol. The Labute approximate surface area is 136 Å². The van der Waals surface area contributed by atoms with E-state index in [-0.39, 0.29) is 35.1 Å². The van der Waals surface area contributed by atoms with Gasteiger partial charge in [0.2, 0.25) is 0 Å². The Morgan fingerprint density at radius 3 is 2.78 bits per heavy atom. The predicted octanol–water partition coefficient (Wildman–Crippen LogP) is 2.06. The van der Waals surface area contributed by atoms with Crippen molar-refractivity contribution in [3.05, 3.63) is 24.3 Å². The van der Waals surface area contributed by atoms with Crippen LogP contribution in [0.5, 0.6) is 0 Å². The summed E-state index contributed by atoms with van der Waals surface area (Å²) in [5.74, 6) is -0.728. The summed E-state index contributed by atoms with van der Waals surface area (Å²) in [6, 6.07) is 0.256. The number of ether oxygens (including phenoxy) is 1. The monoisotopic (exact) mass is 317 g/mol. The van der Waals surface area contributed by atoms with Crippen molar-refractivity contribution in [2.45, 2.75) is 46.1 Å². The Bertz CT molecular complexity index is 617. The van der Waals surface area contributed by atoms with Gasteiger partial charge in [0, 0.05) is 25.0 Å². The van der Waals surface area contributed by atoms with Gasteiger partial charge in [0.1, 0.15) is 0 Å². The van der Waals surface area contributed by atoms with Gasteiger partial charge in [-0.05, 0) is 30.1 Å². The predicted molar refractivity (Wildman–Crippen MR) is 83.6 cm³/mol. The first-order chi connectivity index (χ1) is 10.8. The molecule has 1 saturated carbocycles. The summed E-state index contributed by atoms with van der Waals surface area (Å²) in [4.78, 5) is 33.9. The Balaban J connectivity index is 1.60. The van der Waals surface area contributed by atoms with Gasteiger partial charge in [0.05, 0.1) is 6.20 Å². The molecule has 2 bridgehead atoms. The topological polar surface area (TPSA) is 72.4 Å². The van der Waals surface area contributed by atoms with Crippen molar-refractivity contribution in [3.8, 4) is 0 Å². The fraction of sp³-hybridized carbons (Fsp3) is 0.647. The molecule has 6 nitrogen and oxygen atoms in total. The highest BCUT2D eigenvalue weighted by molar-refractivity contribution is 5.89. The SMILES string of the molecule is CC1(C)C[C@@H]2C[C@@](C)(CN2C(=O)COC(=O)c2cnccn2)C1. The fourth-order valence-corrected chi connectivity index (χ4v) is 4.44. The van der Waals surface area contributed by atoms with Crippen molar-refractivity contribution < 1.29 is 14.3 Å². The number of esters is 1. The van der Waals surface area contributed by atoms with Crippen molar-refractivity contribution in [1.29, 1.82) is 0 Å². The van der Waals surface area contributed by atoms with E-state index < -0.39 is 5.97 Å². The smallest absolute Gasteiger partial charge is 0.359 e. The minimum atomic E-state index is -0.611. The van der Waals surface area contributed by atoms with E-state index in [2.05, 4.69) is 30.7 Å². The number of hydrogen-bond donors (Lipinski definition) is 0. The third kappa shape index (κ3) is 3.35. The van der Waals surface area contributed by atoms with Crippen LogP contribution >= 0.6 is 0 Å². The van der Waals surface area contributed by atoms with E-state index >= 15 is 0 Å². The summed E-state index contributed by atoms with van der Waals surface area (Å²) in [6.07, 6.45) is 7.41. The largest absolute Gasteiger partial charge is 0.451 e. The first-order valence-electron chi connectivity index (χ1n) is 8.01. The van der Waals surface area contributed by atoms with Crippen LogP contribution in [-0.2, 0) is 9.53 Å². The molecule has 2 heterocycles. The lowest BCUT2D eigenvalue weighted by Crippen LogP contribution is -2.39. The molecular formula is C17H23N3O3. The third-order valence-electron chi connectivity index (χ3n) is 4.83. The number of rotatable bonds is 3. The third-order valence-corrected chi connectivity index (χ3v) is 4.83. The molecule has 0 aromatic carbocycles. The second kappa shape index (κ2) is 5.58. The number of amides is 1. The van der Waals surface area contributed by atoms with E-state index in [4.69, 9.17) is 4.74 Å². The van der Waals surface area contributed by atoms with Crippen molar-refractivity contribution >= 4 is 11.9 Å². The van der Waals surface area contributed by atoms with Gasteiger partial charge in [-0.2, -0.15) is 0 Å². The van der Waals surface area contributed by atoms with Crippen LogP contribution < -0.4 is 0 Å². The highest BCUT2D eigenvalue weighted by Gasteiger charge is 2.50. The molecule has 1 aromatic rings. The lowest BCUT2D eigenvalue weighted by molar-refractivity contribution is -0.135. The molecule has 6 heteroatoms. The number of hydrogen-bond acceptors (Lipinski definition) is 5. The second-order valence-corrected chi connectivity index (χ2v) is 7.90. The zero-order valence-electron chi connectivity index (χ0n) is 13.9. The van der Waals surface area contributed by atoms with E-state index in [9.17, 15) is 9.59 Å². The summed E-state index contributed by atoms with van der Waals surface area (Å²) in [7, 11) is 0. The van der Waals surface area contributed by atoms with Gasteiger partial charge in [-0.1, -0.05) is 20.8 Å². The molecule has 1 aromatic heterocycles. The average molecular weight is 317 g/mol. The summed E-state index contributed by atoms with van der Waals surface area (Å²) in [5, 5.41) is 0. The van der Waals surface area contributed by atoms with Gasteiger partial charge in [0.25, 0.3) is 5.91 Å². The van der Waals surface area contributed by atoms with E-state index in [1.807, 2.05) is 4.90 Å². The normalized spacial score (nSPS) is 28.5. The number of nitrogens with zero attached hydrogens (tertiary/aromatic N) is 3. The molecule has 1 amide bonds. The standard InChI is InChI=1S/C17H23N3O3/c1-16(2)6-12-7-17(3,10-16)11-20(12)14(21)9-23-15(22)13-8-18-4-5-19-13/h4-5,8,12H,6-7,9-11H2,1-3H3/t12-,17-/m1/s1. The van der Waals surface area contributed by atoms with Gasteiger partial charge >= 0.3 is 5.97 Å². The lowest BCUT2D eigenvalue weighted by Gasteiger charge is -2.39. The van der Waals surface area contributed by atoms with Gasteiger partial charge < -0.3 is 9.64 Å².